The number of carbonyl (C=O) groups is 2. The van der Waals surface area contributed by atoms with Crippen molar-refractivity contribution in [2.45, 2.75) is 20.4 Å². The van der Waals surface area contributed by atoms with Gasteiger partial charge < -0.3 is 0 Å². The average molecular weight is 191 g/mol. The van der Waals surface area contributed by atoms with Gasteiger partial charge in [0.25, 0.3) is 0 Å². The van der Waals surface area contributed by atoms with Crippen LogP contribution < -0.4 is 0 Å². The van der Waals surface area contributed by atoms with Gasteiger partial charge in [0.1, 0.15) is 0 Å². The topological polar surface area (TPSA) is 37.4 Å². The van der Waals surface area contributed by atoms with Crippen LogP contribution in [-0.2, 0) is 16.1 Å². The number of benzene rings is 1. The molecule has 0 atom stereocenters. The normalized spacial score (nSPS) is 9.57. The van der Waals surface area contributed by atoms with Crippen molar-refractivity contribution >= 4 is 11.8 Å². The molecule has 0 unspecified atom stereocenters. The Morgan fingerprint density at radius 3 is 2.00 bits per heavy atom. The van der Waals surface area contributed by atoms with Crippen molar-refractivity contribution in [3.8, 4) is 0 Å². The highest BCUT2D eigenvalue weighted by Gasteiger charge is 2.13. The average Bonchev–Trinajstić information content (AvgIpc) is 2.15. The standard InChI is InChI=1S/C11H13NO2/c1-9(13)12(10(2)14)8-11-6-4-3-5-7-11/h3-7H,8H2,1-2H3. The summed E-state index contributed by atoms with van der Waals surface area (Å²) in [6, 6.07) is 9.44. The summed E-state index contributed by atoms with van der Waals surface area (Å²) in [7, 11) is 0. The Kier molecular flexibility index (Phi) is 3.40. The fraction of sp³-hybridized carbons (Fsp3) is 0.273. The van der Waals surface area contributed by atoms with E-state index in [2.05, 4.69) is 0 Å². The Balaban J connectivity index is 2.75. The number of hydrogen-bond donors (Lipinski definition) is 0. The van der Waals surface area contributed by atoms with Gasteiger partial charge in [-0.05, 0) is 5.56 Å². The Bertz CT molecular complexity index is 318. The van der Waals surface area contributed by atoms with Gasteiger partial charge in [-0.15, -0.1) is 0 Å². The molecule has 0 saturated carbocycles. The smallest absolute Gasteiger partial charge is 0.226 e. The van der Waals surface area contributed by atoms with Crippen LogP contribution in [0.4, 0.5) is 0 Å². The Morgan fingerprint density at radius 2 is 1.57 bits per heavy atom. The SMILES string of the molecule is CC(=O)N(Cc1ccccc1)C(C)=O. The second kappa shape index (κ2) is 4.56. The predicted octanol–water partition coefficient (Wildman–Crippen LogP) is 1.58. The van der Waals surface area contributed by atoms with E-state index >= 15 is 0 Å². The third-order valence-electron chi connectivity index (χ3n) is 1.94. The molecule has 74 valence electrons. The Labute approximate surface area is 83.3 Å². The van der Waals surface area contributed by atoms with Gasteiger partial charge in [0, 0.05) is 13.8 Å². The molecule has 0 aliphatic rings. The molecule has 1 rings (SSSR count). The molecule has 0 heterocycles. The predicted molar refractivity (Wildman–Crippen MR) is 53.3 cm³/mol. The summed E-state index contributed by atoms with van der Waals surface area (Å²) < 4.78 is 0. The van der Waals surface area contributed by atoms with E-state index in [1.165, 1.54) is 18.7 Å². The lowest BCUT2D eigenvalue weighted by Gasteiger charge is -2.16. The van der Waals surface area contributed by atoms with Crippen LogP contribution in [0, 0.1) is 0 Å². The van der Waals surface area contributed by atoms with Crippen molar-refractivity contribution in [1.29, 1.82) is 0 Å². The van der Waals surface area contributed by atoms with E-state index < -0.39 is 0 Å². The zero-order valence-electron chi connectivity index (χ0n) is 8.36. The highest BCUT2D eigenvalue weighted by atomic mass is 16.2. The molecule has 0 saturated heterocycles. The largest absolute Gasteiger partial charge is 0.279 e. The number of amides is 2. The summed E-state index contributed by atoms with van der Waals surface area (Å²) in [5.41, 5.74) is 0.956. The van der Waals surface area contributed by atoms with Gasteiger partial charge in [-0.2, -0.15) is 0 Å². The molecular formula is C11H13NO2. The summed E-state index contributed by atoms with van der Waals surface area (Å²) in [5, 5.41) is 0. The third-order valence-corrected chi connectivity index (χ3v) is 1.94. The lowest BCUT2D eigenvalue weighted by Crippen LogP contribution is -2.32. The van der Waals surface area contributed by atoms with E-state index in [1.807, 2.05) is 30.3 Å². The van der Waals surface area contributed by atoms with Gasteiger partial charge in [0.05, 0.1) is 6.54 Å². The van der Waals surface area contributed by atoms with E-state index in [1.54, 1.807) is 0 Å². The van der Waals surface area contributed by atoms with Gasteiger partial charge >= 0.3 is 0 Å². The van der Waals surface area contributed by atoms with E-state index in [0.29, 0.717) is 6.54 Å². The van der Waals surface area contributed by atoms with Crippen LogP contribution in [0.5, 0.6) is 0 Å². The summed E-state index contributed by atoms with van der Waals surface area (Å²) in [5.74, 6) is -0.442. The van der Waals surface area contributed by atoms with Gasteiger partial charge in [-0.25, -0.2) is 0 Å². The van der Waals surface area contributed by atoms with Crippen LogP contribution in [0.25, 0.3) is 0 Å². The fourth-order valence-electron chi connectivity index (χ4n) is 1.21. The van der Waals surface area contributed by atoms with Crippen LogP contribution in [0.1, 0.15) is 19.4 Å². The highest BCUT2D eigenvalue weighted by molar-refractivity contribution is 5.92. The van der Waals surface area contributed by atoms with E-state index in [0.717, 1.165) is 5.56 Å². The van der Waals surface area contributed by atoms with E-state index in [9.17, 15) is 9.59 Å². The van der Waals surface area contributed by atoms with Crippen LogP contribution in [-0.4, -0.2) is 16.7 Å². The van der Waals surface area contributed by atoms with Gasteiger partial charge in [0.2, 0.25) is 11.8 Å². The first kappa shape index (κ1) is 10.4. The first-order chi connectivity index (χ1) is 6.61. The second-order valence-corrected chi connectivity index (χ2v) is 3.11. The van der Waals surface area contributed by atoms with Crippen molar-refractivity contribution in [2.24, 2.45) is 0 Å². The third kappa shape index (κ3) is 2.69. The molecule has 0 N–H and O–H groups in total. The molecule has 1 aromatic rings. The number of carbonyl (C=O) groups excluding carboxylic acids is 2. The molecule has 14 heavy (non-hydrogen) atoms. The minimum Gasteiger partial charge on any atom is -0.279 e. The summed E-state index contributed by atoms with van der Waals surface area (Å²) in [6.07, 6.45) is 0. The molecule has 3 nitrogen and oxygen atoms in total. The molecular weight excluding hydrogens is 178 g/mol. The molecule has 0 radical (unpaired) electrons. The molecule has 0 fully saturated rings. The van der Waals surface area contributed by atoms with Crippen molar-refractivity contribution in [1.82, 2.24) is 4.90 Å². The summed E-state index contributed by atoms with van der Waals surface area (Å²) in [4.78, 5) is 23.4. The number of imide groups is 1. The maximum atomic E-state index is 11.1. The minimum atomic E-state index is -0.221. The van der Waals surface area contributed by atoms with Crippen LogP contribution in [0.3, 0.4) is 0 Å². The van der Waals surface area contributed by atoms with Crippen molar-refractivity contribution < 1.29 is 9.59 Å². The van der Waals surface area contributed by atoms with Gasteiger partial charge in [-0.1, -0.05) is 30.3 Å². The van der Waals surface area contributed by atoms with E-state index in [4.69, 9.17) is 0 Å². The van der Waals surface area contributed by atoms with Crippen LogP contribution in [0.2, 0.25) is 0 Å². The maximum absolute atomic E-state index is 11.1. The quantitative estimate of drug-likeness (QED) is 0.711. The van der Waals surface area contributed by atoms with Gasteiger partial charge in [-0.3, -0.25) is 14.5 Å². The molecule has 0 spiro atoms. The maximum Gasteiger partial charge on any atom is 0.226 e. The van der Waals surface area contributed by atoms with Crippen molar-refractivity contribution in [2.75, 3.05) is 0 Å². The molecule has 0 bridgehead atoms. The Morgan fingerprint density at radius 1 is 1.07 bits per heavy atom. The van der Waals surface area contributed by atoms with Crippen molar-refractivity contribution in [3.63, 3.8) is 0 Å². The zero-order valence-corrected chi connectivity index (χ0v) is 8.36. The van der Waals surface area contributed by atoms with E-state index in [-0.39, 0.29) is 11.8 Å². The molecule has 2 amide bonds. The molecule has 0 aromatic heterocycles. The fourth-order valence-corrected chi connectivity index (χ4v) is 1.21. The number of hydrogen-bond acceptors (Lipinski definition) is 2. The van der Waals surface area contributed by atoms with Crippen molar-refractivity contribution in [3.05, 3.63) is 35.9 Å². The first-order valence-electron chi connectivity index (χ1n) is 4.44. The Hall–Kier alpha value is -1.64. The first-order valence-corrected chi connectivity index (χ1v) is 4.44. The second-order valence-electron chi connectivity index (χ2n) is 3.11. The molecule has 0 aliphatic carbocycles. The zero-order chi connectivity index (χ0) is 10.6. The molecule has 1 aromatic carbocycles. The summed E-state index contributed by atoms with van der Waals surface area (Å²) in [6.45, 7) is 3.14. The van der Waals surface area contributed by atoms with Crippen LogP contribution >= 0.6 is 0 Å². The monoisotopic (exact) mass is 191 g/mol. The number of rotatable bonds is 2. The number of nitrogens with zero attached hydrogens (tertiary/aromatic N) is 1. The van der Waals surface area contributed by atoms with Crippen LogP contribution in [0.15, 0.2) is 30.3 Å². The lowest BCUT2D eigenvalue weighted by atomic mass is 10.2. The van der Waals surface area contributed by atoms with Gasteiger partial charge in [0.15, 0.2) is 0 Å². The molecule has 0 aliphatic heterocycles. The minimum absolute atomic E-state index is 0.221. The molecule has 3 heteroatoms. The lowest BCUT2D eigenvalue weighted by molar-refractivity contribution is -0.142. The highest BCUT2D eigenvalue weighted by Crippen LogP contribution is 2.04. The summed E-state index contributed by atoms with van der Waals surface area (Å²) >= 11 is 0.